The van der Waals surface area contributed by atoms with Gasteiger partial charge in [-0.05, 0) is 49.8 Å². The van der Waals surface area contributed by atoms with Crippen molar-refractivity contribution in [3.05, 3.63) is 67.6 Å². The van der Waals surface area contributed by atoms with Crippen LogP contribution in [-0.2, 0) is 4.79 Å². The molecule has 2 aromatic rings. The standard InChI is InChI=1S/C21H19ClN2O5S2/c1-3-23-20(25)19(31-21(23)30)12-14-11-15(24(26)27)4-7-18(14)29-9-8-28-16-5-6-17(22)13(2)10-16/h4-7,10-12H,3,8-9H2,1-2H3/b19-12-. The van der Waals surface area contributed by atoms with Gasteiger partial charge in [0.2, 0.25) is 0 Å². The molecule has 1 amide bonds. The van der Waals surface area contributed by atoms with Crippen LogP contribution in [0, 0.1) is 17.0 Å². The number of hydrogen-bond acceptors (Lipinski definition) is 7. The number of nitrogens with zero attached hydrogens (tertiary/aromatic N) is 2. The van der Waals surface area contributed by atoms with Gasteiger partial charge in [0.05, 0.1) is 9.83 Å². The fourth-order valence-corrected chi connectivity index (χ4v) is 4.32. The van der Waals surface area contributed by atoms with E-state index in [-0.39, 0.29) is 24.8 Å². The molecule has 0 spiro atoms. The van der Waals surface area contributed by atoms with E-state index in [4.69, 9.17) is 33.3 Å². The zero-order chi connectivity index (χ0) is 22.5. The summed E-state index contributed by atoms with van der Waals surface area (Å²) in [5.74, 6) is 0.845. The number of aryl methyl sites for hydroxylation is 1. The number of nitro benzene ring substituents is 1. The van der Waals surface area contributed by atoms with E-state index in [0.717, 1.165) is 17.3 Å². The van der Waals surface area contributed by atoms with Crippen LogP contribution in [0.2, 0.25) is 5.02 Å². The number of carbonyl (C=O) groups is 1. The molecule has 1 aliphatic rings. The van der Waals surface area contributed by atoms with Crippen LogP contribution in [0.4, 0.5) is 5.69 Å². The Hall–Kier alpha value is -2.62. The molecule has 0 atom stereocenters. The van der Waals surface area contributed by atoms with Crippen molar-refractivity contribution in [1.29, 1.82) is 0 Å². The number of ether oxygens (including phenoxy) is 2. The molecule has 1 saturated heterocycles. The molecule has 0 unspecified atom stereocenters. The lowest BCUT2D eigenvalue weighted by molar-refractivity contribution is -0.384. The summed E-state index contributed by atoms with van der Waals surface area (Å²) < 4.78 is 11.9. The summed E-state index contributed by atoms with van der Waals surface area (Å²) in [5, 5.41) is 11.9. The number of hydrogen-bond donors (Lipinski definition) is 0. The van der Waals surface area contributed by atoms with Crippen LogP contribution >= 0.6 is 35.6 Å². The largest absolute Gasteiger partial charge is 0.490 e. The molecule has 162 valence electrons. The fraction of sp³-hybridized carbons (Fsp3) is 0.238. The van der Waals surface area contributed by atoms with Crippen molar-refractivity contribution >= 4 is 57.6 Å². The SMILES string of the molecule is CCN1C(=O)/C(=C/c2cc([N+](=O)[O-])ccc2OCCOc2ccc(Cl)c(C)c2)SC1=S. The average Bonchev–Trinajstić information content (AvgIpc) is 3.00. The molecule has 0 aliphatic carbocycles. The third-order valence-corrected chi connectivity index (χ3v) is 6.22. The molecule has 1 aliphatic heterocycles. The molecule has 7 nitrogen and oxygen atoms in total. The highest BCUT2D eigenvalue weighted by atomic mass is 35.5. The van der Waals surface area contributed by atoms with Crippen molar-refractivity contribution in [3.8, 4) is 11.5 Å². The van der Waals surface area contributed by atoms with Crippen molar-refractivity contribution < 1.29 is 19.2 Å². The zero-order valence-corrected chi connectivity index (χ0v) is 19.2. The Morgan fingerprint density at radius 1 is 1.23 bits per heavy atom. The summed E-state index contributed by atoms with van der Waals surface area (Å²) in [6, 6.07) is 9.59. The number of thiocarbonyl (C=S) groups is 1. The topological polar surface area (TPSA) is 81.9 Å². The normalized spacial score (nSPS) is 14.9. The third-order valence-electron chi connectivity index (χ3n) is 4.42. The van der Waals surface area contributed by atoms with Gasteiger partial charge in [0, 0.05) is 29.3 Å². The second kappa shape index (κ2) is 10.1. The highest BCUT2D eigenvalue weighted by Crippen LogP contribution is 2.35. The smallest absolute Gasteiger partial charge is 0.270 e. The van der Waals surface area contributed by atoms with Gasteiger partial charge in [0.15, 0.2) is 0 Å². The van der Waals surface area contributed by atoms with Crippen molar-refractivity contribution in [2.45, 2.75) is 13.8 Å². The van der Waals surface area contributed by atoms with Gasteiger partial charge in [-0.2, -0.15) is 0 Å². The third kappa shape index (κ3) is 5.55. The van der Waals surface area contributed by atoms with E-state index < -0.39 is 4.92 Å². The van der Waals surface area contributed by atoms with Crippen molar-refractivity contribution in [2.75, 3.05) is 19.8 Å². The minimum atomic E-state index is -0.496. The van der Waals surface area contributed by atoms with E-state index in [1.54, 1.807) is 18.2 Å². The monoisotopic (exact) mass is 478 g/mol. The summed E-state index contributed by atoms with van der Waals surface area (Å²) in [6.45, 7) is 4.64. The average molecular weight is 479 g/mol. The van der Waals surface area contributed by atoms with Gasteiger partial charge >= 0.3 is 0 Å². The predicted octanol–water partition coefficient (Wildman–Crippen LogP) is 5.24. The summed E-state index contributed by atoms with van der Waals surface area (Å²) in [6.07, 6.45) is 1.57. The zero-order valence-electron chi connectivity index (χ0n) is 16.8. The van der Waals surface area contributed by atoms with Crippen LogP contribution in [-0.4, -0.2) is 39.8 Å². The molecule has 1 heterocycles. The van der Waals surface area contributed by atoms with E-state index in [1.165, 1.54) is 23.1 Å². The quantitative estimate of drug-likeness (QED) is 0.169. The number of amides is 1. The molecule has 0 N–H and O–H groups in total. The van der Waals surface area contributed by atoms with Crippen LogP contribution in [0.5, 0.6) is 11.5 Å². The first-order valence-corrected chi connectivity index (χ1v) is 11.0. The van der Waals surface area contributed by atoms with Crippen LogP contribution in [0.25, 0.3) is 6.08 Å². The van der Waals surface area contributed by atoms with E-state index >= 15 is 0 Å². The van der Waals surface area contributed by atoms with Crippen LogP contribution in [0.15, 0.2) is 41.3 Å². The lowest BCUT2D eigenvalue weighted by Crippen LogP contribution is -2.27. The number of rotatable bonds is 8. The highest BCUT2D eigenvalue weighted by Gasteiger charge is 2.31. The first kappa shape index (κ1) is 23.1. The minimum absolute atomic E-state index is 0.0996. The Kier molecular flexibility index (Phi) is 7.53. The maximum Gasteiger partial charge on any atom is 0.270 e. The minimum Gasteiger partial charge on any atom is -0.490 e. The summed E-state index contributed by atoms with van der Waals surface area (Å²) in [4.78, 5) is 25.1. The second-order valence-electron chi connectivity index (χ2n) is 6.51. The van der Waals surface area contributed by atoms with Crippen molar-refractivity contribution in [2.24, 2.45) is 0 Å². The summed E-state index contributed by atoms with van der Waals surface area (Å²) >= 11 is 12.4. The number of thioether (sulfide) groups is 1. The van der Waals surface area contributed by atoms with E-state index in [9.17, 15) is 14.9 Å². The Bertz CT molecular complexity index is 1070. The van der Waals surface area contributed by atoms with Gasteiger partial charge in [0.1, 0.15) is 29.0 Å². The highest BCUT2D eigenvalue weighted by molar-refractivity contribution is 8.26. The number of nitro groups is 1. The van der Waals surface area contributed by atoms with Crippen molar-refractivity contribution in [1.82, 2.24) is 4.90 Å². The van der Waals surface area contributed by atoms with Crippen molar-refractivity contribution in [3.63, 3.8) is 0 Å². The molecule has 0 saturated carbocycles. The van der Waals surface area contributed by atoms with Gasteiger partial charge in [-0.3, -0.25) is 19.8 Å². The van der Waals surface area contributed by atoms with Gasteiger partial charge < -0.3 is 9.47 Å². The van der Waals surface area contributed by atoms with E-state index in [0.29, 0.717) is 37.9 Å². The molecule has 0 radical (unpaired) electrons. The van der Waals surface area contributed by atoms with Crippen LogP contribution in [0.1, 0.15) is 18.1 Å². The maximum absolute atomic E-state index is 12.5. The molecule has 3 rings (SSSR count). The molecule has 0 bridgehead atoms. The van der Waals surface area contributed by atoms with E-state index in [1.807, 2.05) is 19.9 Å². The maximum atomic E-state index is 12.5. The molecule has 2 aromatic carbocycles. The number of non-ortho nitro benzene ring substituents is 1. The van der Waals surface area contributed by atoms with Gasteiger partial charge in [-0.25, -0.2) is 0 Å². The molecule has 1 fully saturated rings. The summed E-state index contributed by atoms with van der Waals surface area (Å²) in [5.41, 5.74) is 1.23. The molecule has 0 aromatic heterocycles. The lowest BCUT2D eigenvalue weighted by atomic mass is 10.1. The first-order chi connectivity index (χ1) is 14.8. The first-order valence-electron chi connectivity index (χ1n) is 9.35. The van der Waals surface area contributed by atoms with Crippen LogP contribution < -0.4 is 9.47 Å². The number of carbonyl (C=O) groups excluding carboxylic acids is 1. The molecule has 10 heteroatoms. The Balaban J connectivity index is 1.75. The van der Waals surface area contributed by atoms with Gasteiger partial charge in [0.25, 0.3) is 11.6 Å². The van der Waals surface area contributed by atoms with E-state index in [2.05, 4.69) is 0 Å². The summed E-state index contributed by atoms with van der Waals surface area (Å²) in [7, 11) is 0. The fourth-order valence-electron chi connectivity index (χ4n) is 2.83. The second-order valence-corrected chi connectivity index (χ2v) is 8.60. The Morgan fingerprint density at radius 3 is 2.61 bits per heavy atom. The Labute approximate surface area is 194 Å². The van der Waals surface area contributed by atoms with Crippen LogP contribution in [0.3, 0.4) is 0 Å². The molecular weight excluding hydrogens is 460 g/mol. The number of benzene rings is 2. The molecule has 31 heavy (non-hydrogen) atoms. The lowest BCUT2D eigenvalue weighted by Gasteiger charge is -2.12. The number of likely N-dealkylation sites (N-methyl/N-ethyl adjacent to an activating group) is 1. The van der Waals surface area contributed by atoms with Gasteiger partial charge in [-0.15, -0.1) is 0 Å². The molecular formula is C21H19ClN2O5S2. The predicted molar refractivity (Wildman–Crippen MR) is 126 cm³/mol. The Morgan fingerprint density at radius 2 is 1.97 bits per heavy atom. The number of halogens is 1. The van der Waals surface area contributed by atoms with Gasteiger partial charge in [-0.1, -0.05) is 35.6 Å².